The molecule has 0 aliphatic rings. The molecule has 0 N–H and O–H groups in total. The Kier molecular flexibility index (Phi) is 50.1. The van der Waals surface area contributed by atoms with E-state index in [-0.39, 0.29) is 0 Å². The van der Waals surface area contributed by atoms with Gasteiger partial charge in [0.15, 0.2) is 17.4 Å². The molecular weight excluding hydrogens is 893 g/mol. The first kappa shape index (κ1) is 67.6. The molecule has 7 nitrogen and oxygen atoms in total. The molecule has 0 bridgehead atoms. The maximum Gasteiger partial charge on any atom is 0.324 e. The summed E-state index contributed by atoms with van der Waals surface area (Å²) in [5.41, 5.74) is 0.437. The summed E-state index contributed by atoms with van der Waals surface area (Å²) in [5, 5.41) is 0. The number of hydrogen-bond donors (Lipinski definition) is 0. The summed E-state index contributed by atoms with van der Waals surface area (Å²) in [4.78, 5) is 26.2. The Morgan fingerprint density at radius 3 is 0.708 bits per heavy atom. The van der Waals surface area contributed by atoms with Gasteiger partial charge in [-0.2, -0.15) is 0 Å². The summed E-state index contributed by atoms with van der Waals surface area (Å²) in [7, 11) is 2.61. The molecule has 1 rings (SSSR count). The average Bonchev–Trinajstić information content (AvgIpc) is 3.39. The Balaban J connectivity index is 2.76. The van der Waals surface area contributed by atoms with Gasteiger partial charge in [0.05, 0.1) is 34.0 Å². The van der Waals surface area contributed by atoms with Crippen LogP contribution >= 0.6 is 0 Å². The molecule has 0 unspecified atom stereocenters. The van der Waals surface area contributed by atoms with E-state index in [1.807, 2.05) is 0 Å². The summed E-state index contributed by atoms with van der Waals surface area (Å²) in [6.07, 6.45) is 63.2. The van der Waals surface area contributed by atoms with Gasteiger partial charge in [0.25, 0.3) is 0 Å². The van der Waals surface area contributed by atoms with Crippen molar-refractivity contribution in [3.63, 3.8) is 0 Å². The van der Waals surface area contributed by atoms with E-state index in [2.05, 4.69) is 20.8 Å². The van der Waals surface area contributed by atoms with E-state index in [1.165, 1.54) is 284 Å². The van der Waals surface area contributed by atoms with Crippen LogP contribution in [-0.4, -0.2) is 46.0 Å². The van der Waals surface area contributed by atoms with Gasteiger partial charge in [0.1, 0.15) is 0 Å². The number of ether oxygens (including phenoxy) is 5. The van der Waals surface area contributed by atoms with E-state index in [4.69, 9.17) is 23.7 Å². The largest absolute Gasteiger partial charge is 0.490 e. The van der Waals surface area contributed by atoms with Crippen molar-refractivity contribution in [1.82, 2.24) is 0 Å². The van der Waals surface area contributed by atoms with E-state index in [1.54, 1.807) is 12.1 Å². The van der Waals surface area contributed by atoms with E-state index in [0.29, 0.717) is 42.6 Å². The standard InChI is InChI=1S/C65H120O7/c1-6-9-12-15-18-21-24-27-30-33-36-39-42-45-48-51-54-70-60-57-59(62(64(66)68-4)65(67)69-5)58-61(71-55-52-49-46-43-40-37-34-31-28-25-22-19-16-13-10-7-2)63(60)72-56-53-50-47-44-41-38-35-32-29-26-23-20-17-14-11-8-3/h57-58,62H,6-56H2,1-5H3. The second-order valence-electron chi connectivity index (χ2n) is 21.8. The fourth-order valence-electron chi connectivity index (χ4n) is 10.2. The van der Waals surface area contributed by atoms with Gasteiger partial charge in [-0.05, 0) is 37.0 Å². The fourth-order valence-corrected chi connectivity index (χ4v) is 10.2. The Morgan fingerprint density at radius 2 is 0.500 bits per heavy atom. The lowest BCUT2D eigenvalue weighted by Gasteiger charge is -2.21. The van der Waals surface area contributed by atoms with Crippen molar-refractivity contribution < 1.29 is 33.3 Å². The summed E-state index contributed by atoms with van der Waals surface area (Å²) < 4.78 is 29.8. The molecule has 0 radical (unpaired) electrons. The molecule has 72 heavy (non-hydrogen) atoms. The van der Waals surface area contributed by atoms with E-state index >= 15 is 0 Å². The van der Waals surface area contributed by atoms with Gasteiger partial charge in [0.2, 0.25) is 5.75 Å². The van der Waals surface area contributed by atoms with E-state index in [9.17, 15) is 9.59 Å². The second-order valence-corrected chi connectivity index (χ2v) is 21.8. The van der Waals surface area contributed by atoms with Crippen LogP contribution in [0.15, 0.2) is 12.1 Å². The number of unbranched alkanes of at least 4 members (excludes halogenated alkanes) is 45. The van der Waals surface area contributed by atoms with Crippen molar-refractivity contribution in [3.8, 4) is 17.2 Å². The number of benzene rings is 1. The first-order chi connectivity index (χ1) is 35.5. The second kappa shape index (κ2) is 53.4. The van der Waals surface area contributed by atoms with Gasteiger partial charge in [-0.1, -0.05) is 310 Å². The van der Waals surface area contributed by atoms with Crippen molar-refractivity contribution in [2.75, 3.05) is 34.0 Å². The smallest absolute Gasteiger partial charge is 0.324 e. The zero-order chi connectivity index (χ0) is 52.1. The van der Waals surface area contributed by atoms with Crippen molar-refractivity contribution in [2.45, 2.75) is 335 Å². The quantitative estimate of drug-likeness (QED) is 0.0365. The van der Waals surface area contributed by atoms with Crippen molar-refractivity contribution in [3.05, 3.63) is 17.7 Å². The predicted molar refractivity (Wildman–Crippen MR) is 308 cm³/mol. The van der Waals surface area contributed by atoms with Gasteiger partial charge in [0, 0.05) is 0 Å². The lowest BCUT2D eigenvalue weighted by molar-refractivity contribution is -0.154. The van der Waals surface area contributed by atoms with Crippen LogP contribution in [0.3, 0.4) is 0 Å². The Labute approximate surface area is 447 Å². The van der Waals surface area contributed by atoms with Gasteiger partial charge in [-0.25, -0.2) is 0 Å². The van der Waals surface area contributed by atoms with E-state index < -0.39 is 17.9 Å². The molecule has 1 aromatic carbocycles. The van der Waals surface area contributed by atoms with Crippen LogP contribution < -0.4 is 14.2 Å². The number of esters is 2. The van der Waals surface area contributed by atoms with Crippen LogP contribution in [-0.2, 0) is 19.1 Å². The van der Waals surface area contributed by atoms with Crippen molar-refractivity contribution in [2.24, 2.45) is 0 Å². The molecule has 7 heteroatoms. The highest BCUT2D eigenvalue weighted by Crippen LogP contribution is 2.42. The molecule has 0 spiro atoms. The molecule has 0 saturated carbocycles. The third kappa shape index (κ3) is 39.9. The molecular formula is C65H120O7. The first-order valence-electron chi connectivity index (χ1n) is 31.8. The molecule has 1 aromatic rings. The molecule has 0 fully saturated rings. The average molecular weight is 1010 g/mol. The number of methoxy groups -OCH3 is 2. The van der Waals surface area contributed by atoms with Gasteiger partial charge in [-0.3, -0.25) is 9.59 Å². The summed E-state index contributed by atoms with van der Waals surface area (Å²) in [5.74, 6) is -0.979. The summed E-state index contributed by atoms with van der Waals surface area (Å²) >= 11 is 0. The molecule has 0 atom stereocenters. The van der Waals surface area contributed by atoms with Crippen LogP contribution in [0.5, 0.6) is 17.2 Å². The minimum absolute atomic E-state index is 0.437. The third-order valence-electron chi connectivity index (χ3n) is 15.0. The molecule has 0 heterocycles. The minimum atomic E-state index is -1.25. The van der Waals surface area contributed by atoms with Crippen LogP contribution in [0.4, 0.5) is 0 Å². The molecule has 0 amide bonds. The van der Waals surface area contributed by atoms with Gasteiger partial charge < -0.3 is 23.7 Å². The first-order valence-corrected chi connectivity index (χ1v) is 31.8. The Hall–Kier alpha value is -2.44. The fraction of sp³-hybridized carbons (Fsp3) is 0.877. The zero-order valence-corrected chi connectivity index (χ0v) is 48.7. The molecule has 422 valence electrons. The minimum Gasteiger partial charge on any atom is -0.490 e. The lowest BCUT2D eigenvalue weighted by Crippen LogP contribution is -2.24. The molecule has 0 aromatic heterocycles. The van der Waals surface area contributed by atoms with E-state index in [0.717, 1.165) is 38.5 Å². The van der Waals surface area contributed by atoms with Crippen molar-refractivity contribution >= 4 is 11.9 Å². The van der Waals surface area contributed by atoms with Crippen LogP contribution in [0.2, 0.25) is 0 Å². The Bertz CT molecular complexity index is 1240. The highest BCUT2D eigenvalue weighted by molar-refractivity contribution is 6.01. The summed E-state index contributed by atoms with van der Waals surface area (Å²) in [6, 6.07) is 3.55. The molecule has 0 aliphatic heterocycles. The number of carbonyl (C=O) groups excluding carboxylic acids is 2. The van der Waals surface area contributed by atoms with Crippen LogP contribution in [0, 0.1) is 0 Å². The highest BCUT2D eigenvalue weighted by atomic mass is 16.5. The van der Waals surface area contributed by atoms with Crippen molar-refractivity contribution in [1.29, 1.82) is 0 Å². The van der Waals surface area contributed by atoms with Crippen LogP contribution in [0.1, 0.15) is 340 Å². The van der Waals surface area contributed by atoms with Crippen LogP contribution in [0.25, 0.3) is 0 Å². The zero-order valence-electron chi connectivity index (χ0n) is 48.7. The van der Waals surface area contributed by atoms with Gasteiger partial charge in [-0.15, -0.1) is 0 Å². The normalized spacial score (nSPS) is 11.4. The number of carbonyl (C=O) groups is 2. The number of hydrogen-bond acceptors (Lipinski definition) is 7. The molecule has 0 saturated heterocycles. The maximum absolute atomic E-state index is 13.1. The SMILES string of the molecule is CCCCCCCCCCCCCCCCCCOc1cc(C(C(=O)OC)C(=O)OC)cc(OCCCCCCCCCCCCCCCCCC)c1OCCCCCCCCCCCCCCCCCC. The summed E-state index contributed by atoms with van der Waals surface area (Å²) in [6.45, 7) is 8.47. The Morgan fingerprint density at radius 1 is 0.306 bits per heavy atom. The topological polar surface area (TPSA) is 80.3 Å². The number of rotatable bonds is 57. The third-order valence-corrected chi connectivity index (χ3v) is 15.0. The lowest BCUT2D eigenvalue weighted by atomic mass is 9.98. The maximum atomic E-state index is 13.1. The van der Waals surface area contributed by atoms with Gasteiger partial charge >= 0.3 is 11.9 Å². The predicted octanol–water partition coefficient (Wildman–Crippen LogP) is 21.0. The monoisotopic (exact) mass is 1010 g/mol. The molecule has 0 aliphatic carbocycles. The highest BCUT2D eigenvalue weighted by Gasteiger charge is 2.33.